The van der Waals surface area contributed by atoms with Crippen LogP contribution in [0.1, 0.15) is 11.1 Å². The molecule has 0 spiro atoms. The number of carbonyl (C=O) groups is 1. The molecule has 1 aromatic rings. The molecular formula is C9H11N3O2. The lowest BCUT2D eigenvalue weighted by molar-refractivity contribution is 0.249. The van der Waals surface area contributed by atoms with Crippen molar-refractivity contribution in [2.24, 2.45) is 10.8 Å². The Labute approximate surface area is 81.2 Å². The number of phenolic OH excluding ortho intramolecular Hbond substituents is 1. The summed E-state index contributed by atoms with van der Waals surface area (Å²) in [5.41, 5.74) is 8.11. The van der Waals surface area contributed by atoms with Gasteiger partial charge >= 0.3 is 6.03 Å². The van der Waals surface area contributed by atoms with Crippen LogP contribution in [0.15, 0.2) is 23.3 Å². The van der Waals surface area contributed by atoms with Crippen LogP contribution in [0.25, 0.3) is 0 Å². The normalized spacial score (nSPS) is 10.4. The van der Waals surface area contributed by atoms with Crippen molar-refractivity contribution in [3.05, 3.63) is 29.3 Å². The lowest BCUT2D eigenvalue weighted by Crippen LogP contribution is -2.24. The van der Waals surface area contributed by atoms with Gasteiger partial charge in [-0.05, 0) is 18.6 Å². The Bertz CT molecular complexity index is 374. The maximum Gasteiger partial charge on any atom is 0.332 e. The van der Waals surface area contributed by atoms with Crippen molar-refractivity contribution in [3.8, 4) is 5.75 Å². The van der Waals surface area contributed by atoms with Crippen LogP contribution < -0.4 is 11.2 Å². The van der Waals surface area contributed by atoms with Crippen molar-refractivity contribution >= 4 is 12.2 Å². The molecule has 0 unspecified atom stereocenters. The zero-order valence-corrected chi connectivity index (χ0v) is 7.69. The summed E-state index contributed by atoms with van der Waals surface area (Å²) in [6.07, 6.45) is 1.33. The fraction of sp³-hybridized carbons (Fsp3) is 0.111. The standard InChI is InChI=1S/C9H11N3O2/c1-6-3-2-4-7(8(6)13)5-11-12-9(10)14/h2-5,13H,1H3,(H3,10,12,14). The molecule has 0 aromatic heterocycles. The number of hydrazone groups is 1. The Morgan fingerprint density at radius 2 is 2.36 bits per heavy atom. The number of hydrogen-bond acceptors (Lipinski definition) is 3. The molecule has 0 fully saturated rings. The smallest absolute Gasteiger partial charge is 0.332 e. The third kappa shape index (κ3) is 2.48. The first-order chi connectivity index (χ1) is 6.61. The number of nitrogens with zero attached hydrogens (tertiary/aromatic N) is 1. The minimum absolute atomic E-state index is 0.141. The highest BCUT2D eigenvalue weighted by molar-refractivity contribution is 5.85. The van der Waals surface area contributed by atoms with Crippen LogP contribution >= 0.6 is 0 Å². The van der Waals surface area contributed by atoms with E-state index in [4.69, 9.17) is 5.73 Å². The zero-order valence-electron chi connectivity index (χ0n) is 7.69. The molecule has 0 aliphatic carbocycles. The predicted octanol–water partition coefficient (Wildman–Crippen LogP) is 0.703. The first kappa shape index (κ1) is 10.0. The Morgan fingerprint density at radius 1 is 1.64 bits per heavy atom. The summed E-state index contributed by atoms with van der Waals surface area (Å²) in [6.45, 7) is 1.77. The molecule has 0 bridgehead atoms. The molecule has 0 atom stereocenters. The van der Waals surface area contributed by atoms with E-state index in [1.807, 2.05) is 5.43 Å². The molecule has 4 N–H and O–H groups in total. The molecule has 1 rings (SSSR count). The van der Waals surface area contributed by atoms with Gasteiger partial charge in [0.2, 0.25) is 0 Å². The highest BCUT2D eigenvalue weighted by atomic mass is 16.3. The molecule has 14 heavy (non-hydrogen) atoms. The number of urea groups is 1. The van der Waals surface area contributed by atoms with Gasteiger partial charge in [0.1, 0.15) is 5.75 Å². The van der Waals surface area contributed by atoms with Crippen LogP contribution in [-0.4, -0.2) is 17.4 Å². The number of para-hydroxylation sites is 1. The minimum Gasteiger partial charge on any atom is -0.507 e. The van der Waals surface area contributed by atoms with Crippen molar-refractivity contribution in [3.63, 3.8) is 0 Å². The second-order valence-electron chi connectivity index (χ2n) is 2.75. The average Bonchev–Trinajstić information content (AvgIpc) is 2.12. The highest BCUT2D eigenvalue weighted by Crippen LogP contribution is 2.19. The Balaban J connectivity index is 2.81. The van der Waals surface area contributed by atoms with Gasteiger partial charge < -0.3 is 10.8 Å². The van der Waals surface area contributed by atoms with Crippen molar-refractivity contribution in [2.45, 2.75) is 6.92 Å². The molecule has 1 aromatic carbocycles. The monoisotopic (exact) mass is 193 g/mol. The fourth-order valence-corrected chi connectivity index (χ4v) is 0.951. The molecule has 0 heterocycles. The number of phenols is 1. The van der Waals surface area contributed by atoms with E-state index in [2.05, 4.69) is 5.10 Å². The first-order valence-electron chi connectivity index (χ1n) is 3.98. The van der Waals surface area contributed by atoms with Crippen molar-refractivity contribution in [1.29, 1.82) is 0 Å². The van der Waals surface area contributed by atoms with Gasteiger partial charge in [0, 0.05) is 5.56 Å². The molecule has 5 nitrogen and oxygen atoms in total. The molecule has 5 heteroatoms. The lowest BCUT2D eigenvalue weighted by Gasteiger charge is -2.01. The maximum atomic E-state index is 10.3. The van der Waals surface area contributed by atoms with Crippen molar-refractivity contribution in [2.75, 3.05) is 0 Å². The molecule has 0 aliphatic rings. The zero-order chi connectivity index (χ0) is 10.6. The number of amides is 2. The third-order valence-corrected chi connectivity index (χ3v) is 1.65. The molecule has 74 valence electrons. The van der Waals surface area contributed by atoms with E-state index in [0.717, 1.165) is 5.56 Å². The number of carbonyl (C=O) groups excluding carboxylic acids is 1. The van der Waals surface area contributed by atoms with Gasteiger partial charge in [-0.25, -0.2) is 10.2 Å². The highest BCUT2D eigenvalue weighted by Gasteiger charge is 1.99. The predicted molar refractivity (Wildman–Crippen MR) is 53.2 cm³/mol. The Hall–Kier alpha value is -2.04. The third-order valence-electron chi connectivity index (χ3n) is 1.65. The van der Waals surface area contributed by atoms with Gasteiger partial charge in [0.05, 0.1) is 6.21 Å². The number of nitrogens with one attached hydrogen (secondary N) is 1. The second-order valence-corrected chi connectivity index (χ2v) is 2.75. The van der Waals surface area contributed by atoms with Gasteiger partial charge in [0.25, 0.3) is 0 Å². The number of primary amides is 1. The SMILES string of the molecule is Cc1cccc(C=NNC(N)=O)c1O. The summed E-state index contributed by atoms with van der Waals surface area (Å²) < 4.78 is 0. The minimum atomic E-state index is -0.742. The van der Waals surface area contributed by atoms with Gasteiger partial charge in [-0.1, -0.05) is 12.1 Å². The maximum absolute atomic E-state index is 10.3. The number of hydrogen-bond donors (Lipinski definition) is 3. The fourth-order valence-electron chi connectivity index (χ4n) is 0.951. The number of aromatic hydroxyl groups is 1. The summed E-state index contributed by atoms with van der Waals surface area (Å²) in [5, 5.41) is 13.1. The van der Waals surface area contributed by atoms with Crippen LogP contribution in [-0.2, 0) is 0 Å². The number of benzene rings is 1. The van der Waals surface area contributed by atoms with Gasteiger partial charge in [-0.3, -0.25) is 0 Å². The van der Waals surface area contributed by atoms with Crippen LogP contribution in [0.3, 0.4) is 0 Å². The molecular weight excluding hydrogens is 182 g/mol. The average molecular weight is 193 g/mol. The summed E-state index contributed by atoms with van der Waals surface area (Å²) in [6, 6.07) is 4.48. The van der Waals surface area contributed by atoms with Crippen LogP contribution in [0.4, 0.5) is 4.79 Å². The number of nitrogens with two attached hydrogens (primary N) is 1. The quantitative estimate of drug-likeness (QED) is 0.477. The largest absolute Gasteiger partial charge is 0.507 e. The van der Waals surface area contributed by atoms with Crippen LogP contribution in [0.2, 0.25) is 0 Å². The van der Waals surface area contributed by atoms with E-state index in [-0.39, 0.29) is 5.75 Å². The van der Waals surface area contributed by atoms with E-state index >= 15 is 0 Å². The van der Waals surface area contributed by atoms with Crippen LogP contribution in [0, 0.1) is 6.92 Å². The molecule has 0 aliphatic heterocycles. The molecule has 2 amide bonds. The first-order valence-corrected chi connectivity index (χ1v) is 3.98. The van der Waals surface area contributed by atoms with E-state index in [1.165, 1.54) is 6.21 Å². The Morgan fingerprint density at radius 3 is 3.00 bits per heavy atom. The number of rotatable bonds is 2. The van der Waals surface area contributed by atoms with Gasteiger partial charge in [-0.2, -0.15) is 5.10 Å². The van der Waals surface area contributed by atoms with Crippen molar-refractivity contribution in [1.82, 2.24) is 5.43 Å². The molecule has 0 radical (unpaired) electrons. The summed E-state index contributed by atoms with van der Waals surface area (Å²) >= 11 is 0. The molecule has 0 saturated heterocycles. The van der Waals surface area contributed by atoms with E-state index < -0.39 is 6.03 Å². The van der Waals surface area contributed by atoms with Crippen LogP contribution in [0.5, 0.6) is 5.75 Å². The van der Waals surface area contributed by atoms with E-state index in [0.29, 0.717) is 5.56 Å². The second kappa shape index (κ2) is 4.27. The van der Waals surface area contributed by atoms with E-state index in [1.54, 1.807) is 25.1 Å². The lowest BCUT2D eigenvalue weighted by atomic mass is 10.1. The number of aryl methyl sites for hydroxylation is 1. The summed E-state index contributed by atoms with van der Waals surface area (Å²) in [7, 11) is 0. The summed E-state index contributed by atoms with van der Waals surface area (Å²) in [5.74, 6) is 0.141. The van der Waals surface area contributed by atoms with Crippen molar-refractivity contribution < 1.29 is 9.90 Å². The molecule has 0 saturated carbocycles. The Kier molecular flexibility index (Phi) is 3.06. The summed E-state index contributed by atoms with van der Waals surface area (Å²) in [4.78, 5) is 10.3. The van der Waals surface area contributed by atoms with Gasteiger partial charge in [-0.15, -0.1) is 0 Å². The van der Waals surface area contributed by atoms with Gasteiger partial charge in [0.15, 0.2) is 0 Å². The topological polar surface area (TPSA) is 87.7 Å². The van der Waals surface area contributed by atoms with E-state index in [9.17, 15) is 9.90 Å².